The maximum Gasteiger partial charge on any atom is 0.573 e. The monoisotopic (exact) mass is 243 g/mol. The molecule has 17 heavy (non-hydrogen) atoms. The Morgan fingerprint density at radius 1 is 1.35 bits per heavy atom. The Morgan fingerprint density at radius 2 is 2.06 bits per heavy atom. The second-order valence-electron chi connectivity index (χ2n) is 3.81. The van der Waals surface area contributed by atoms with E-state index in [1.165, 1.54) is 24.3 Å². The molecule has 0 unspecified atom stereocenters. The summed E-state index contributed by atoms with van der Waals surface area (Å²) in [5.41, 5.74) is -0.144. The van der Waals surface area contributed by atoms with E-state index < -0.39 is 11.9 Å². The summed E-state index contributed by atoms with van der Waals surface area (Å²) in [4.78, 5) is 13.9. The summed E-state index contributed by atoms with van der Waals surface area (Å²) >= 11 is 0. The maximum absolute atomic E-state index is 12.0. The van der Waals surface area contributed by atoms with Crippen molar-refractivity contribution in [2.45, 2.75) is 24.7 Å². The van der Waals surface area contributed by atoms with Gasteiger partial charge in [-0.3, -0.25) is 0 Å². The fraction of sp³-hybridized carbons (Fsp3) is 0.364. The highest BCUT2D eigenvalue weighted by molar-refractivity contribution is 5.43. The molecule has 0 saturated heterocycles. The Labute approximate surface area is 94.9 Å². The van der Waals surface area contributed by atoms with Crippen LogP contribution in [0.2, 0.25) is 0 Å². The van der Waals surface area contributed by atoms with Crippen molar-refractivity contribution in [1.82, 2.24) is 0 Å². The molecule has 0 amide bonds. The molecule has 3 nitrogen and oxygen atoms in total. The van der Waals surface area contributed by atoms with E-state index in [2.05, 4.69) is 9.73 Å². The summed E-state index contributed by atoms with van der Waals surface area (Å²) in [6, 6.07) is 5.52. The molecule has 0 atom stereocenters. The molecule has 1 fully saturated rings. The molecule has 0 radical (unpaired) electrons. The lowest BCUT2D eigenvalue weighted by molar-refractivity contribution is -0.274. The Balaban J connectivity index is 2.26. The number of benzene rings is 1. The van der Waals surface area contributed by atoms with Gasteiger partial charge in [-0.1, -0.05) is 12.1 Å². The topological polar surface area (TPSA) is 38.7 Å². The predicted molar refractivity (Wildman–Crippen MR) is 52.2 cm³/mol. The fourth-order valence-corrected chi connectivity index (χ4v) is 1.65. The number of alkyl halides is 3. The fourth-order valence-electron chi connectivity index (χ4n) is 1.65. The summed E-state index contributed by atoms with van der Waals surface area (Å²) in [6.45, 7) is 0. The van der Waals surface area contributed by atoms with Gasteiger partial charge in [0.05, 0.1) is 5.54 Å². The molecule has 1 aromatic carbocycles. The molecule has 0 spiro atoms. The SMILES string of the molecule is O=C=NC1(c2cccc(OC(F)(F)F)c2)CC1. The first-order chi connectivity index (χ1) is 7.95. The largest absolute Gasteiger partial charge is 0.573 e. The van der Waals surface area contributed by atoms with Gasteiger partial charge < -0.3 is 4.74 Å². The summed E-state index contributed by atoms with van der Waals surface area (Å²) in [6.07, 6.45) is -2.00. The smallest absolute Gasteiger partial charge is 0.406 e. The number of aliphatic imine (C=N–C) groups is 1. The Hall–Kier alpha value is -1.81. The zero-order valence-electron chi connectivity index (χ0n) is 8.62. The van der Waals surface area contributed by atoms with E-state index in [1.54, 1.807) is 6.07 Å². The lowest BCUT2D eigenvalue weighted by Crippen LogP contribution is -2.17. The van der Waals surface area contributed by atoms with Gasteiger partial charge in [-0.05, 0) is 30.5 Å². The van der Waals surface area contributed by atoms with E-state index >= 15 is 0 Å². The molecule has 0 heterocycles. The first-order valence-corrected chi connectivity index (χ1v) is 4.91. The van der Waals surface area contributed by atoms with Crippen molar-refractivity contribution >= 4 is 6.08 Å². The molecule has 1 aliphatic rings. The average Bonchev–Trinajstić information content (AvgIpc) is 2.97. The standard InChI is InChI=1S/C11H8F3NO2/c12-11(13,14)17-9-3-1-2-8(6-9)10(4-5-10)15-7-16/h1-3,6H,4-5H2. The van der Waals surface area contributed by atoms with Gasteiger partial charge in [0, 0.05) is 0 Å². The predicted octanol–water partition coefficient (Wildman–Crippen LogP) is 2.91. The van der Waals surface area contributed by atoms with E-state index in [4.69, 9.17) is 0 Å². The molecule has 0 bridgehead atoms. The van der Waals surface area contributed by atoms with Crippen LogP contribution in [0.25, 0.3) is 0 Å². The van der Waals surface area contributed by atoms with Crippen molar-refractivity contribution in [2.24, 2.45) is 4.99 Å². The van der Waals surface area contributed by atoms with Gasteiger partial charge in [0.15, 0.2) is 0 Å². The van der Waals surface area contributed by atoms with Crippen LogP contribution in [0.15, 0.2) is 29.3 Å². The zero-order valence-corrected chi connectivity index (χ0v) is 8.62. The maximum atomic E-state index is 12.0. The number of ether oxygens (including phenoxy) is 1. The molecule has 0 aliphatic heterocycles. The van der Waals surface area contributed by atoms with E-state index in [1.807, 2.05) is 0 Å². The number of isocyanates is 1. The van der Waals surface area contributed by atoms with Gasteiger partial charge in [0.2, 0.25) is 6.08 Å². The van der Waals surface area contributed by atoms with Gasteiger partial charge in [0.25, 0.3) is 0 Å². The first kappa shape index (κ1) is 11.7. The molecular weight excluding hydrogens is 235 g/mol. The quantitative estimate of drug-likeness (QED) is 0.604. The van der Waals surface area contributed by atoms with Crippen molar-refractivity contribution in [3.63, 3.8) is 0 Å². The summed E-state index contributed by atoms with van der Waals surface area (Å²) in [7, 11) is 0. The molecule has 1 aromatic rings. The summed E-state index contributed by atoms with van der Waals surface area (Å²) < 4.78 is 39.9. The third-order valence-electron chi connectivity index (χ3n) is 2.59. The molecule has 0 N–H and O–H groups in total. The van der Waals surface area contributed by atoms with Crippen molar-refractivity contribution in [3.8, 4) is 5.75 Å². The molecule has 1 aliphatic carbocycles. The normalized spacial score (nSPS) is 17.1. The van der Waals surface area contributed by atoms with Crippen LogP contribution in [0, 0.1) is 0 Å². The third-order valence-corrected chi connectivity index (χ3v) is 2.59. The highest BCUT2D eigenvalue weighted by atomic mass is 19.4. The molecule has 2 rings (SSSR count). The van der Waals surface area contributed by atoms with E-state index in [9.17, 15) is 18.0 Å². The van der Waals surface area contributed by atoms with E-state index in [0.29, 0.717) is 18.4 Å². The summed E-state index contributed by atoms with van der Waals surface area (Å²) in [5.74, 6) is -0.303. The van der Waals surface area contributed by atoms with Crippen LogP contribution < -0.4 is 4.74 Å². The van der Waals surface area contributed by atoms with Crippen LogP contribution in [-0.4, -0.2) is 12.4 Å². The molecular formula is C11H8F3NO2. The molecule has 1 saturated carbocycles. The Morgan fingerprint density at radius 3 is 2.59 bits per heavy atom. The number of hydrogen-bond acceptors (Lipinski definition) is 3. The van der Waals surface area contributed by atoms with Crippen LogP contribution in [0.5, 0.6) is 5.75 Å². The minimum atomic E-state index is -4.72. The lowest BCUT2D eigenvalue weighted by atomic mass is 10.1. The highest BCUT2D eigenvalue weighted by Gasteiger charge is 2.45. The number of hydrogen-bond donors (Lipinski definition) is 0. The number of rotatable bonds is 3. The van der Waals surface area contributed by atoms with E-state index in [-0.39, 0.29) is 5.75 Å². The van der Waals surface area contributed by atoms with E-state index in [0.717, 1.165) is 0 Å². The number of carbonyl (C=O) groups excluding carboxylic acids is 1. The molecule has 6 heteroatoms. The van der Waals surface area contributed by atoms with Crippen molar-refractivity contribution in [3.05, 3.63) is 29.8 Å². The Kier molecular flexibility index (Phi) is 2.67. The Bertz CT molecular complexity index is 474. The summed E-state index contributed by atoms with van der Waals surface area (Å²) in [5, 5.41) is 0. The second-order valence-corrected chi connectivity index (χ2v) is 3.81. The second kappa shape index (κ2) is 3.89. The van der Waals surface area contributed by atoms with Crippen molar-refractivity contribution in [1.29, 1.82) is 0 Å². The van der Waals surface area contributed by atoms with Crippen molar-refractivity contribution in [2.75, 3.05) is 0 Å². The van der Waals surface area contributed by atoms with Crippen molar-refractivity contribution < 1.29 is 22.7 Å². The molecule has 0 aromatic heterocycles. The van der Waals surface area contributed by atoms with Gasteiger partial charge in [0.1, 0.15) is 5.75 Å². The first-order valence-electron chi connectivity index (χ1n) is 4.91. The van der Waals surface area contributed by atoms with Gasteiger partial charge in [-0.25, -0.2) is 4.79 Å². The number of nitrogens with zero attached hydrogens (tertiary/aromatic N) is 1. The number of halogens is 3. The lowest BCUT2D eigenvalue weighted by Gasteiger charge is -2.12. The van der Waals surface area contributed by atoms with Gasteiger partial charge in [-0.2, -0.15) is 4.99 Å². The highest BCUT2D eigenvalue weighted by Crippen LogP contribution is 2.49. The van der Waals surface area contributed by atoms with Crippen LogP contribution in [0.4, 0.5) is 13.2 Å². The minimum absolute atomic E-state index is 0.303. The van der Waals surface area contributed by atoms with Gasteiger partial charge >= 0.3 is 6.36 Å². The molecule has 90 valence electrons. The van der Waals surface area contributed by atoms with Crippen LogP contribution in [-0.2, 0) is 10.3 Å². The minimum Gasteiger partial charge on any atom is -0.406 e. The van der Waals surface area contributed by atoms with Crippen LogP contribution >= 0.6 is 0 Å². The third kappa shape index (κ3) is 2.65. The average molecular weight is 243 g/mol. The van der Waals surface area contributed by atoms with Gasteiger partial charge in [-0.15, -0.1) is 13.2 Å². The van der Waals surface area contributed by atoms with Crippen LogP contribution in [0.1, 0.15) is 18.4 Å². The zero-order chi connectivity index (χ0) is 12.5. The van der Waals surface area contributed by atoms with Crippen LogP contribution in [0.3, 0.4) is 0 Å².